The molecule has 0 aliphatic carbocycles. The third-order valence-corrected chi connectivity index (χ3v) is 3.92. The lowest BCUT2D eigenvalue weighted by atomic mass is 10.1. The first kappa shape index (κ1) is 16.2. The van der Waals surface area contributed by atoms with E-state index in [0.29, 0.717) is 12.8 Å². The van der Waals surface area contributed by atoms with Gasteiger partial charge in [-0.25, -0.2) is 5.48 Å². The minimum Gasteiger partial charge on any atom is -0.341 e. The van der Waals surface area contributed by atoms with Crippen LogP contribution in [0.15, 0.2) is 30.3 Å². The van der Waals surface area contributed by atoms with Crippen molar-refractivity contribution in [2.75, 3.05) is 0 Å². The third kappa shape index (κ3) is 3.95. The smallest absolute Gasteiger partial charge is 0.243 e. The molecule has 5 nitrogen and oxygen atoms in total. The Morgan fingerprint density at radius 3 is 2.45 bits per heavy atom. The molecule has 0 bridgehead atoms. The van der Waals surface area contributed by atoms with E-state index in [2.05, 4.69) is 0 Å². The van der Waals surface area contributed by atoms with Crippen LogP contribution in [0.25, 0.3) is 10.9 Å². The van der Waals surface area contributed by atoms with Gasteiger partial charge in [0.05, 0.1) is 5.69 Å². The van der Waals surface area contributed by atoms with Crippen molar-refractivity contribution in [1.82, 2.24) is 10.0 Å². The van der Waals surface area contributed by atoms with Crippen LogP contribution in [0.5, 0.6) is 0 Å². The SMILES string of the molecule is Cn1c(C(=O)CCCCCCC(=O)NO)cc2ccccc21. The summed E-state index contributed by atoms with van der Waals surface area (Å²) in [6, 6.07) is 9.91. The highest BCUT2D eigenvalue weighted by Gasteiger charge is 2.12. The molecule has 22 heavy (non-hydrogen) atoms. The van der Waals surface area contributed by atoms with E-state index >= 15 is 0 Å². The number of nitrogens with zero attached hydrogens (tertiary/aromatic N) is 1. The van der Waals surface area contributed by atoms with Crippen molar-refractivity contribution in [3.63, 3.8) is 0 Å². The number of hydrogen-bond donors (Lipinski definition) is 2. The Kier molecular flexibility index (Phi) is 5.72. The number of carbonyl (C=O) groups is 2. The normalized spacial score (nSPS) is 10.8. The number of aryl methyl sites for hydroxylation is 1. The molecule has 118 valence electrons. The molecule has 0 saturated carbocycles. The first-order valence-electron chi connectivity index (χ1n) is 7.64. The fraction of sp³-hybridized carbons (Fsp3) is 0.412. The van der Waals surface area contributed by atoms with E-state index in [-0.39, 0.29) is 11.7 Å². The Morgan fingerprint density at radius 1 is 1.09 bits per heavy atom. The zero-order valence-corrected chi connectivity index (χ0v) is 12.8. The van der Waals surface area contributed by atoms with Crippen molar-refractivity contribution < 1.29 is 14.8 Å². The molecule has 0 aliphatic heterocycles. The van der Waals surface area contributed by atoms with Crippen molar-refractivity contribution in [1.29, 1.82) is 0 Å². The summed E-state index contributed by atoms with van der Waals surface area (Å²) in [6.07, 6.45) is 4.20. The molecule has 1 heterocycles. The topological polar surface area (TPSA) is 71.3 Å². The Bertz CT molecular complexity index is 661. The Labute approximate surface area is 129 Å². The molecule has 0 radical (unpaired) electrons. The van der Waals surface area contributed by atoms with Gasteiger partial charge in [-0.3, -0.25) is 14.8 Å². The van der Waals surface area contributed by atoms with Crippen LogP contribution in [-0.4, -0.2) is 21.5 Å². The maximum absolute atomic E-state index is 12.3. The summed E-state index contributed by atoms with van der Waals surface area (Å²) in [7, 11) is 1.92. The molecule has 1 aromatic carbocycles. The lowest BCUT2D eigenvalue weighted by molar-refractivity contribution is -0.129. The van der Waals surface area contributed by atoms with E-state index in [1.165, 1.54) is 0 Å². The van der Waals surface area contributed by atoms with E-state index in [4.69, 9.17) is 5.21 Å². The summed E-state index contributed by atoms with van der Waals surface area (Å²) in [4.78, 5) is 23.1. The lowest BCUT2D eigenvalue weighted by Gasteiger charge is -2.04. The van der Waals surface area contributed by atoms with Crippen LogP contribution in [0.2, 0.25) is 0 Å². The Hall–Kier alpha value is -2.14. The summed E-state index contributed by atoms with van der Waals surface area (Å²) < 4.78 is 1.95. The van der Waals surface area contributed by atoms with Crippen LogP contribution in [0.3, 0.4) is 0 Å². The molecule has 2 aromatic rings. The molecule has 2 rings (SSSR count). The second-order valence-corrected chi connectivity index (χ2v) is 5.52. The number of para-hydroxylation sites is 1. The second-order valence-electron chi connectivity index (χ2n) is 5.52. The number of Topliss-reactive ketones (excluding diaryl/α,β-unsaturated/α-hetero) is 1. The maximum Gasteiger partial charge on any atom is 0.243 e. The number of hydroxylamine groups is 1. The van der Waals surface area contributed by atoms with Crippen molar-refractivity contribution in [3.05, 3.63) is 36.0 Å². The highest BCUT2D eigenvalue weighted by molar-refractivity contribution is 6.00. The highest BCUT2D eigenvalue weighted by atomic mass is 16.5. The number of rotatable bonds is 8. The first-order valence-corrected chi connectivity index (χ1v) is 7.64. The first-order chi connectivity index (χ1) is 10.6. The molecule has 1 amide bonds. The van der Waals surface area contributed by atoms with Gasteiger partial charge in [0.15, 0.2) is 5.78 Å². The number of aromatic nitrogens is 1. The molecule has 0 saturated heterocycles. The van der Waals surface area contributed by atoms with Gasteiger partial charge in [-0.2, -0.15) is 0 Å². The number of fused-ring (bicyclic) bond motifs is 1. The predicted molar refractivity (Wildman–Crippen MR) is 84.9 cm³/mol. The summed E-state index contributed by atoms with van der Waals surface area (Å²) in [5.74, 6) is -0.196. The van der Waals surface area contributed by atoms with E-state index in [1.54, 1.807) is 5.48 Å². The summed E-state index contributed by atoms with van der Waals surface area (Å²) >= 11 is 0. The van der Waals surface area contributed by atoms with Crippen molar-refractivity contribution in [3.8, 4) is 0 Å². The maximum atomic E-state index is 12.3. The number of hydrogen-bond acceptors (Lipinski definition) is 3. The van der Waals surface area contributed by atoms with Gasteiger partial charge < -0.3 is 4.57 Å². The molecule has 0 unspecified atom stereocenters. The quantitative estimate of drug-likeness (QED) is 0.340. The van der Waals surface area contributed by atoms with Gasteiger partial charge in [0.25, 0.3) is 0 Å². The number of benzene rings is 1. The van der Waals surface area contributed by atoms with E-state index in [0.717, 1.165) is 42.3 Å². The molecule has 0 aliphatic rings. The van der Waals surface area contributed by atoms with E-state index < -0.39 is 0 Å². The summed E-state index contributed by atoms with van der Waals surface area (Å²) in [5, 5.41) is 9.46. The summed E-state index contributed by atoms with van der Waals surface area (Å²) in [6.45, 7) is 0. The average Bonchev–Trinajstić information content (AvgIpc) is 2.87. The van der Waals surface area contributed by atoms with Crippen LogP contribution >= 0.6 is 0 Å². The molecular formula is C17H22N2O3. The third-order valence-electron chi connectivity index (χ3n) is 3.92. The van der Waals surface area contributed by atoms with Crippen molar-refractivity contribution in [2.45, 2.75) is 38.5 Å². The van der Waals surface area contributed by atoms with Crippen LogP contribution in [-0.2, 0) is 11.8 Å². The van der Waals surface area contributed by atoms with E-state index in [9.17, 15) is 9.59 Å². The molecule has 2 N–H and O–H groups in total. The van der Waals surface area contributed by atoms with E-state index in [1.807, 2.05) is 41.9 Å². The number of carbonyl (C=O) groups excluding carboxylic acids is 2. The Morgan fingerprint density at radius 2 is 1.77 bits per heavy atom. The minimum absolute atomic E-state index is 0.159. The molecule has 0 atom stereocenters. The van der Waals surface area contributed by atoms with Crippen LogP contribution in [0, 0.1) is 0 Å². The van der Waals surface area contributed by atoms with Gasteiger partial charge in [-0.05, 0) is 25.0 Å². The summed E-state index contributed by atoms with van der Waals surface area (Å²) in [5.41, 5.74) is 3.44. The molecule has 1 aromatic heterocycles. The lowest BCUT2D eigenvalue weighted by Crippen LogP contribution is -2.17. The van der Waals surface area contributed by atoms with Gasteiger partial charge in [-0.1, -0.05) is 31.0 Å². The fourth-order valence-corrected chi connectivity index (χ4v) is 2.67. The number of unbranched alkanes of at least 4 members (excludes halogenated alkanes) is 3. The van der Waals surface area contributed by atoms with Gasteiger partial charge in [-0.15, -0.1) is 0 Å². The van der Waals surface area contributed by atoms with Crippen LogP contribution in [0.1, 0.15) is 49.0 Å². The molecule has 0 spiro atoms. The zero-order chi connectivity index (χ0) is 15.9. The van der Waals surface area contributed by atoms with Crippen molar-refractivity contribution >= 4 is 22.6 Å². The minimum atomic E-state index is -0.355. The van der Waals surface area contributed by atoms with Crippen molar-refractivity contribution in [2.24, 2.45) is 7.05 Å². The number of ketones is 1. The largest absolute Gasteiger partial charge is 0.341 e. The predicted octanol–water partition coefficient (Wildman–Crippen LogP) is 3.21. The van der Waals surface area contributed by atoms with Gasteiger partial charge in [0.1, 0.15) is 0 Å². The molecular weight excluding hydrogens is 280 g/mol. The molecule has 0 fully saturated rings. The van der Waals surface area contributed by atoms with Gasteiger partial charge in [0, 0.05) is 30.8 Å². The van der Waals surface area contributed by atoms with Gasteiger partial charge >= 0.3 is 0 Å². The second kappa shape index (κ2) is 7.75. The van der Waals surface area contributed by atoms with Crippen LogP contribution in [0.4, 0.5) is 0 Å². The monoisotopic (exact) mass is 302 g/mol. The zero-order valence-electron chi connectivity index (χ0n) is 12.8. The number of nitrogens with one attached hydrogen (secondary N) is 1. The highest BCUT2D eigenvalue weighted by Crippen LogP contribution is 2.20. The molecule has 5 heteroatoms. The van der Waals surface area contributed by atoms with Crippen LogP contribution < -0.4 is 5.48 Å². The standard InChI is InChI=1S/C17H22N2O3/c1-19-14-9-7-6-8-13(14)12-15(19)16(20)10-4-2-3-5-11-17(21)18-22/h6-9,12,22H,2-5,10-11H2,1H3,(H,18,21). The fourth-order valence-electron chi connectivity index (χ4n) is 2.67. The average molecular weight is 302 g/mol. The Balaban J connectivity index is 1.79. The van der Waals surface area contributed by atoms with Gasteiger partial charge in [0.2, 0.25) is 5.91 Å². The number of amides is 1.